The number of ether oxygens (including phenoxy) is 2. The Hall–Kier alpha value is -2.56. The molecule has 0 bridgehead atoms. The van der Waals surface area contributed by atoms with Gasteiger partial charge in [-0.3, -0.25) is 24.6 Å². The van der Waals surface area contributed by atoms with E-state index in [-0.39, 0.29) is 17.5 Å². The number of nitrogens with one attached hydrogen (secondary N) is 2. The van der Waals surface area contributed by atoms with Crippen LogP contribution in [-0.2, 0) is 16.0 Å². The zero-order valence-electron chi connectivity index (χ0n) is 13.8. The number of hydrogen-bond acceptors (Lipinski definition) is 7. The van der Waals surface area contributed by atoms with Crippen LogP contribution in [0.4, 0.5) is 5.69 Å². The van der Waals surface area contributed by atoms with E-state index in [0.717, 1.165) is 0 Å². The topological polar surface area (TPSA) is 131 Å². The first-order valence-corrected chi connectivity index (χ1v) is 7.71. The average Bonchev–Trinajstić information content (AvgIpc) is 3.04. The lowest BCUT2D eigenvalue weighted by atomic mass is 10.0. The molecule has 0 saturated carbocycles. The fourth-order valence-electron chi connectivity index (χ4n) is 2.90. The van der Waals surface area contributed by atoms with Crippen LogP contribution >= 0.6 is 0 Å². The summed E-state index contributed by atoms with van der Waals surface area (Å²) >= 11 is 0. The van der Waals surface area contributed by atoms with Gasteiger partial charge in [-0.05, 0) is 14.0 Å². The van der Waals surface area contributed by atoms with E-state index in [9.17, 15) is 19.7 Å². The second-order valence-electron chi connectivity index (χ2n) is 5.96. The van der Waals surface area contributed by atoms with Crippen LogP contribution in [0.1, 0.15) is 11.1 Å². The Labute approximate surface area is 141 Å². The van der Waals surface area contributed by atoms with Gasteiger partial charge in [0.1, 0.15) is 0 Å². The maximum atomic E-state index is 11.7. The highest BCUT2D eigenvalue weighted by molar-refractivity contribution is 5.82. The Morgan fingerprint density at radius 3 is 2.56 bits per heavy atom. The third-order valence-corrected chi connectivity index (χ3v) is 4.16. The molecule has 2 heterocycles. The maximum Gasteiger partial charge on any atom is 0.314 e. The van der Waals surface area contributed by atoms with E-state index in [1.165, 1.54) is 6.07 Å². The molecule has 1 aliphatic heterocycles. The minimum absolute atomic E-state index is 0.119. The van der Waals surface area contributed by atoms with Crippen LogP contribution in [0, 0.1) is 17.0 Å². The number of H-pyrrole nitrogens is 2. The van der Waals surface area contributed by atoms with E-state index in [2.05, 4.69) is 9.97 Å². The van der Waals surface area contributed by atoms with Gasteiger partial charge in [-0.25, -0.2) is 0 Å². The molecule has 1 fully saturated rings. The van der Waals surface area contributed by atoms with Crippen molar-refractivity contribution in [3.8, 4) is 0 Å². The van der Waals surface area contributed by atoms with Crippen molar-refractivity contribution in [1.29, 1.82) is 0 Å². The molecule has 3 rings (SSSR count). The van der Waals surface area contributed by atoms with Crippen molar-refractivity contribution in [2.24, 2.45) is 0 Å². The molecule has 2 N–H and O–H groups in total. The van der Waals surface area contributed by atoms with E-state index >= 15 is 0 Å². The van der Waals surface area contributed by atoms with Crippen molar-refractivity contribution < 1.29 is 14.4 Å². The van der Waals surface area contributed by atoms with Crippen molar-refractivity contribution in [2.45, 2.75) is 19.8 Å². The Morgan fingerprint density at radius 1 is 1.28 bits per heavy atom. The molecule has 25 heavy (non-hydrogen) atoms. The molecule has 1 aromatic carbocycles. The number of aromatic amines is 2. The van der Waals surface area contributed by atoms with Gasteiger partial charge in [0.2, 0.25) is 0 Å². The normalized spacial score (nSPS) is 15.3. The summed E-state index contributed by atoms with van der Waals surface area (Å²) in [6.07, 6.45) is -0.353. The van der Waals surface area contributed by atoms with Gasteiger partial charge >= 0.3 is 11.1 Å². The van der Waals surface area contributed by atoms with Crippen LogP contribution in [0.25, 0.3) is 11.0 Å². The monoisotopic (exact) mass is 350 g/mol. The number of fused-ring (bicyclic) bond motifs is 1. The lowest BCUT2D eigenvalue weighted by Gasteiger charge is -2.21. The van der Waals surface area contributed by atoms with Crippen LogP contribution in [0.3, 0.4) is 0 Å². The largest absolute Gasteiger partial charge is 0.349 e. The van der Waals surface area contributed by atoms with Crippen molar-refractivity contribution in [3.05, 3.63) is 48.0 Å². The van der Waals surface area contributed by atoms with Gasteiger partial charge in [0.05, 0.1) is 29.2 Å². The highest BCUT2D eigenvalue weighted by atomic mass is 16.7. The number of nitro benzene ring substituents is 1. The Bertz CT molecular complexity index is 928. The Balaban J connectivity index is 2.05. The number of rotatable bonds is 5. The van der Waals surface area contributed by atoms with Crippen molar-refractivity contribution >= 4 is 16.7 Å². The molecule has 2 aromatic rings. The first kappa shape index (κ1) is 17.3. The average molecular weight is 350 g/mol. The van der Waals surface area contributed by atoms with Gasteiger partial charge in [0.25, 0.3) is 5.69 Å². The highest BCUT2D eigenvalue weighted by Crippen LogP contribution is 2.28. The van der Waals surface area contributed by atoms with Crippen molar-refractivity contribution in [1.82, 2.24) is 14.9 Å². The quantitative estimate of drug-likeness (QED) is 0.448. The molecule has 0 amide bonds. The van der Waals surface area contributed by atoms with Crippen molar-refractivity contribution in [3.63, 3.8) is 0 Å². The molecular formula is C15H18N4O6. The summed E-state index contributed by atoms with van der Waals surface area (Å²) in [7, 11) is 1.82. The molecule has 1 aromatic heterocycles. The maximum absolute atomic E-state index is 11.7. The van der Waals surface area contributed by atoms with Gasteiger partial charge in [-0.15, -0.1) is 0 Å². The van der Waals surface area contributed by atoms with E-state index in [0.29, 0.717) is 42.9 Å². The zero-order valence-corrected chi connectivity index (χ0v) is 13.8. The number of likely N-dealkylation sites (N-methyl/N-ethyl adjacent to an activating group) is 1. The molecule has 1 saturated heterocycles. The van der Waals surface area contributed by atoms with Crippen LogP contribution in [0.15, 0.2) is 15.7 Å². The predicted molar refractivity (Wildman–Crippen MR) is 88.6 cm³/mol. The number of nitro groups is 1. The SMILES string of the molecule is Cc1c([N+](=O)[O-])cc2[nH]c(=O)c(=O)[nH]c2c1CN(C)CC1OCCO1. The molecule has 134 valence electrons. The van der Waals surface area contributed by atoms with E-state index in [1.54, 1.807) is 6.92 Å². The summed E-state index contributed by atoms with van der Waals surface area (Å²) in [4.78, 5) is 40.9. The Morgan fingerprint density at radius 2 is 1.92 bits per heavy atom. The third-order valence-electron chi connectivity index (χ3n) is 4.16. The minimum Gasteiger partial charge on any atom is -0.349 e. The molecule has 0 spiro atoms. The number of benzene rings is 1. The fourth-order valence-corrected chi connectivity index (χ4v) is 2.90. The molecule has 0 aliphatic carbocycles. The van der Waals surface area contributed by atoms with Gasteiger partial charge in [-0.1, -0.05) is 0 Å². The third kappa shape index (κ3) is 3.45. The van der Waals surface area contributed by atoms with Crippen LogP contribution in [0.5, 0.6) is 0 Å². The van der Waals surface area contributed by atoms with Crippen molar-refractivity contribution in [2.75, 3.05) is 26.8 Å². The summed E-state index contributed by atoms with van der Waals surface area (Å²) in [6, 6.07) is 1.26. The van der Waals surface area contributed by atoms with Crippen LogP contribution in [0.2, 0.25) is 0 Å². The number of nitrogens with zero attached hydrogens (tertiary/aromatic N) is 2. The fraction of sp³-hybridized carbons (Fsp3) is 0.467. The standard InChI is InChI=1S/C15H18N4O6/c1-8-9(6-18(2)7-12-24-3-4-25-12)13-10(5-11(8)19(22)23)16-14(20)15(21)17-13/h5,12H,3-4,6-7H2,1-2H3,(H,16,20)(H,17,21). The lowest BCUT2D eigenvalue weighted by molar-refractivity contribution is -0.385. The summed E-state index contributed by atoms with van der Waals surface area (Å²) in [6.45, 7) is 3.47. The molecule has 1 aliphatic rings. The Kier molecular flexibility index (Phi) is 4.66. The van der Waals surface area contributed by atoms with Gasteiger partial charge in [-0.2, -0.15) is 0 Å². The summed E-state index contributed by atoms with van der Waals surface area (Å²) in [5, 5.41) is 11.3. The molecule has 0 radical (unpaired) electrons. The van der Waals surface area contributed by atoms with Gasteiger partial charge in [0.15, 0.2) is 6.29 Å². The first-order chi connectivity index (χ1) is 11.9. The highest BCUT2D eigenvalue weighted by Gasteiger charge is 2.23. The zero-order chi connectivity index (χ0) is 18.1. The summed E-state index contributed by atoms with van der Waals surface area (Å²) in [5.41, 5.74) is -0.165. The molecule has 0 unspecified atom stereocenters. The number of hydrogen-bond donors (Lipinski definition) is 2. The molecule has 0 atom stereocenters. The van der Waals surface area contributed by atoms with E-state index < -0.39 is 16.0 Å². The lowest BCUT2D eigenvalue weighted by Crippen LogP contribution is -2.31. The van der Waals surface area contributed by atoms with Gasteiger partial charge < -0.3 is 19.4 Å². The van der Waals surface area contributed by atoms with E-state index in [1.807, 2.05) is 11.9 Å². The second-order valence-corrected chi connectivity index (χ2v) is 5.96. The summed E-state index contributed by atoms with van der Waals surface area (Å²) in [5.74, 6) is 0. The predicted octanol–water partition coefficient (Wildman–Crippen LogP) is 0.238. The first-order valence-electron chi connectivity index (χ1n) is 7.71. The van der Waals surface area contributed by atoms with Crippen LogP contribution in [-0.4, -0.2) is 52.9 Å². The van der Waals surface area contributed by atoms with Gasteiger partial charge in [0, 0.05) is 30.3 Å². The second kappa shape index (κ2) is 6.75. The van der Waals surface area contributed by atoms with E-state index in [4.69, 9.17) is 9.47 Å². The molecule has 10 heteroatoms. The number of aromatic nitrogens is 2. The van der Waals surface area contributed by atoms with Crippen LogP contribution < -0.4 is 11.1 Å². The molecule has 10 nitrogen and oxygen atoms in total. The summed E-state index contributed by atoms with van der Waals surface area (Å²) < 4.78 is 10.8. The minimum atomic E-state index is -0.849. The molecular weight excluding hydrogens is 332 g/mol. The smallest absolute Gasteiger partial charge is 0.314 e.